The Labute approximate surface area is 144 Å². The number of carbonyl (C=O) groups excluding carboxylic acids is 1. The summed E-state index contributed by atoms with van der Waals surface area (Å²) in [4.78, 5) is 16.6. The summed E-state index contributed by atoms with van der Waals surface area (Å²) in [6, 6.07) is 6.93. The van der Waals surface area contributed by atoms with Crippen LogP contribution in [0.3, 0.4) is 0 Å². The van der Waals surface area contributed by atoms with E-state index < -0.39 is 0 Å². The lowest BCUT2D eigenvalue weighted by atomic mass is 10.2. The molecule has 7 heteroatoms. The largest absolute Gasteiger partial charge is 0.370 e. The molecule has 0 radical (unpaired) electrons. The minimum absolute atomic E-state index is 0.242. The van der Waals surface area contributed by atoms with Gasteiger partial charge in [-0.3, -0.25) is 4.79 Å². The number of nitrogens with one attached hydrogen (secondary N) is 2. The summed E-state index contributed by atoms with van der Waals surface area (Å²) < 4.78 is 1.47. The zero-order valence-electron chi connectivity index (χ0n) is 11.1. The van der Waals surface area contributed by atoms with Crippen molar-refractivity contribution in [2.75, 3.05) is 17.2 Å². The predicted octanol–water partition coefficient (Wildman–Crippen LogP) is 4.94. The van der Waals surface area contributed by atoms with Crippen LogP contribution in [-0.2, 0) is 0 Å². The van der Waals surface area contributed by atoms with Crippen LogP contribution < -0.4 is 10.6 Å². The summed E-state index contributed by atoms with van der Waals surface area (Å²) in [7, 11) is 0. The zero-order valence-corrected chi connectivity index (χ0v) is 15.0. The second-order valence-corrected chi connectivity index (χ2v) is 6.34. The van der Waals surface area contributed by atoms with Gasteiger partial charge in [-0.05, 0) is 63.0 Å². The summed E-state index contributed by atoms with van der Waals surface area (Å²) in [5, 5.41) is 6.48. The van der Waals surface area contributed by atoms with Gasteiger partial charge in [0.05, 0.1) is 10.6 Å². The van der Waals surface area contributed by atoms with Crippen molar-refractivity contribution in [3.63, 3.8) is 0 Å². The smallest absolute Gasteiger partial charge is 0.259 e. The third-order valence-corrected chi connectivity index (χ3v) is 4.27. The summed E-state index contributed by atoms with van der Waals surface area (Å²) in [5.74, 6) is 0.306. The standard InChI is InChI=1S/C14H12Br2ClN3O/c1-2-18-13-10(5-8(15)7-19-13)14(21)20-9-3-4-12(17)11(16)6-9/h3-7H,2H2,1H3,(H,18,19)(H,20,21). The number of nitrogens with zero attached hydrogens (tertiary/aromatic N) is 1. The molecule has 2 rings (SSSR count). The maximum Gasteiger partial charge on any atom is 0.259 e. The molecule has 0 saturated carbocycles. The van der Waals surface area contributed by atoms with E-state index in [0.29, 0.717) is 28.6 Å². The monoisotopic (exact) mass is 431 g/mol. The van der Waals surface area contributed by atoms with Crippen LogP contribution in [0.25, 0.3) is 0 Å². The maximum atomic E-state index is 12.4. The number of pyridine rings is 1. The number of hydrogen-bond donors (Lipinski definition) is 2. The minimum Gasteiger partial charge on any atom is -0.370 e. The molecule has 0 aliphatic heterocycles. The highest BCUT2D eigenvalue weighted by Crippen LogP contribution is 2.26. The second-order valence-electron chi connectivity index (χ2n) is 4.16. The Bertz CT molecular complexity index is 679. The van der Waals surface area contributed by atoms with E-state index in [2.05, 4.69) is 47.5 Å². The lowest BCUT2D eigenvalue weighted by Crippen LogP contribution is -2.15. The Morgan fingerprint density at radius 2 is 2.10 bits per heavy atom. The van der Waals surface area contributed by atoms with Crippen LogP contribution in [0.4, 0.5) is 11.5 Å². The molecular weight excluding hydrogens is 421 g/mol. The number of rotatable bonds is 4. The van der Waals surface area contributed by atoms with E-state index in [1.54, 1.807) is 30.5 Å². The lowest BCUT2D eigenvalue weighted by molar-refractivity contribution is 0.102. The Balaban J connectivity index is 2.27. The van der Waals surface area contributed by atoms with Crippen molar-refractivity contribution in [3.8, 4) is 0 Å². The normalized spacial score (nSPS) is 10.3. The molecule has 2 N–H and O–H groups in total. The lowest BCUT2D eigenvalue weighted by Gasteiger charge is -2.11. The molecule has 1 aromatic heterocycles. The molecule has 1 heterocycles. The van der Waals surface area contributed by atoms with Gasteiger partial charge in [-0.1, -0.05) is 11.6 Å². The van der Waals surface area contributed by atoms with Gasteiger partial charge in [0.15, 0.2) is 0 Å². The van der Waals surface area contributed by atoms with Crippen molar-refractivity contribution < 1.29 is 4.79 Å². The molecule has 0 aliphatic rings. The molecule has 0 atom stereocenters. The van der Waals surface area contributed by atoms with Gasteiger partial charge in [-0.15, -0.1) is 0 Å². The van der Waals surface area contributed by atoms with Crippen LogP contribution in [0, 0.1) is 0 Å². The molecule has 1 aromatic carbocycles. The van der Waals surface area contributed by atoms with Crippen LogP contribution in [0.5, 0.6) is 0 Å². The maximum absolute atomic E-state index is 12.4. The Kier molecular flexibility index (Phi) is 5.61. The van der Waals surface area contributed by atoms with E-state index in [1.807, 2.05) is 6.92 Å². The molecule has 0 spiro atoms. The Morgan fingerprint density at radius 1 is 1.33 bits per heavy atom. The molecule has 110 valence electrons. The number of aromatic nitrogens is 1. The predicted molar refractivity (Wildman–Crippen MR) is 93.2 cm³/mol. The van der Waals surface area contributed by atoms with Crippen molar-refractivity contribution in [3.05, 3.63) is 50.0 Å². The molecule has 2 aromatic rings. The number of hydrogen-bond acceptors (Lipinski definition) is 3. The first kappa shape index (κ1) is 16.3. The molecule has 0 fully saturated rings. The van der Waals surface area contributed by atoms with Crippen molar-refractivity contribution in [2.24, 2.45) is 0 Å². The van der Waals surface area contributed by atoms with Crippen LogP contribution in [0.2, 0.25) is 5.02 Å². The van der Waals surface area contributed by atoms with Crippen LogP contribution in [-0.4, -0.2) is 17.4 Å². The summed E-state index contributed by atoms with van der Waals surface area (Å²) in [6.45, 7) is 2.63. The van der Waals surface area contributed by atoms with Crippen molar-refractivity contribution in [1.82, 2.24) is 4.98 Å². The third kappa shape index (κ3) is 4.18. The van der Waals surface area contributed by atoms with Crippen LogP contribution in [0.1, 0.15) is 17.3 Å². The van der Waals surface area contributed by atoms with Gasteiger partial charge >= 0.3 is 0 Å². The molecule has 1 amide bonds. The fourth-order valence-electron chi connectivity index (χ4n) is 1.69. The number of carbonyl (C=O) groups is 1. The third-order valence-electron chi connectivity index (χ3n) is 2.62. The highest BCUT2D eigenvalue weighted by atomic mass is 79.9. The van der Waals surface area contributed by atoms with E-state index in [0.717, 1.165) is 8.95 Å². The van der Waals surface area contributed by atoms with Gasteiger partial charge in [0.25, 0.3) is 5.91 Å². The zero-order chi connectivity index (χ0) is 15.4. The number of amides is 1. The number of anilines is 2. The molecule has 4 nitrogen and oxygen atoms in total. The molecule has 0 saturated heterocycles. The van der Waals surface area contributed by atoms with E-state index in [1.165, 1.54) is 0 Å². The average Bonchev–Trinajstić information content (AvgIpc) is 2.45. The van der Waals surface area contributed by atoms with Gasteiger partial charge in [0.1, 0.15) is 5.82 Å². The first-order chi connectivity index (χ1) is 10.0. The highest BCUT2D eigenvalue weighted by Gasteiger charge is 2.14. The quantitative estimate of drug-likeness (QED) is 0.718. The Hall–Kier alpha value is -1.11. The number of halogens is 3. The van der Waals surface area contributed by atoms with Crippen molar-refractivity contribution in [1.29, 1.82) is 0 Å². The topological polar surface area (TPSA) is 54.0 Å². The van der Waals surface area contributed by atoms with E-state index in [-0.39, 0.29) is 5.91 Å². The summed E-state index contributed by atoms with van der Waals surface area (Å²) >= 11 is 12.6. The Morgan fingerprint density at radius 3 is 2.76 bits per heavy atom. The van der Waals surface area contributed by atoms with E-state index >= 15 is 0 Å². The van der Waals surface area contributed by atoms with Gasteiger partial charge in [-0.2, -0.15) is 0 Å². The molecule has 0 unspecified atom stereocenters. The average molecular weight is 434 g/mol. The fraction of sp³-hybridized carbons (Fsp3) is 0.143. The first-order valence-corrected chi connectivity index (χ1v) is 8.13. The van der Waals surface area contributed by atoms with E-state index in [9.17, 15) is 4.79 Å². The summed E-state index contributed by atoms with van der Waals surface area (Å²) in [6.07, 6.45) is 1.65. The number of benzene rings is 1. The van der Waals surface area contributed by atoms with Gasteiger partial charge in [-0.25, -0.2) is 4.98 Å². The van der Waals surface area contributed by atoms with Gasteiger partial charge in [0.2, 0.25) is 0 Å². The van der Waals surface area contributed by atoms with Crippen LogP contribution in [0.15, 0.2) is 39.4 Å². The molecule has 0 aliphatic carbocycles. The SMILES string of the molecule is CCNc1ncc(Br)cc1C(=O)Nc1ccc(Cl)c(Br)c1. The molecule has 21 heavy (non-hydrogen) atoms. The first-order valence-electron chi connectivity index (χ1n) is 6.17. The van der Waals surface area contributed by atoms with E-state index in [4.69, 9.17) is 11.6 Å². The van der Waals surface area contributed by atoms with Gasteiger partial charge in [0, 0.05) is 27.4 Å². The second kappa shape index (κ2) is 7.24. The highest BCUT2D eigenvalue weighted by molar-refractivity contribution is 9.10. The van der Waals surface area contributed by atoms with Crippen LogP contribution >= 0.6 is 43.5 Å². The molecule has 0 bridgehead atoms. The van der Waals surface area contributed by atoms with Crippen molar-refractivity contribution >= 4 is 60.9 Å². The summed E-state index contributed by atoms with van der Waals surface area (Å²) in [5.41, 5.74) is 1.12. The molecular formula is C14H12Br2ClN3O. The minimum atomic E-state index is -0.242. The fourth-order valence-corrected chi connectivity index (χ4v) is 2.52. The van der Waals surface area contributed by atoms with Crippen molar-refractivity contribution in [2.45, 2.75) is 6.92 Å². The van der Waals surface area contributed by atoms with Gasteiger partial charge < -0.3 is 10.6 Å².